The van der Waals surface area contributed by atoms with Crippen LogP contribution in [0.4, 0.5) is 30.7 Å². The van der Waals surface area contributed by atoms with Gasteiger partial charge in [-0.05, 0) is 35.8 Å². The highest BCUT2D eigenvalue weighted by atomic mass is 35.5. The van der Waals surface area contributed by atoms with Crippen molar-refractivity contribution in [3.63, 3.8) is 0 Å². The fourth-order valence-electron chi connectivity index (χ4n) is 3.75. The molecule has 0 fully saturated rings. The third-order valence-electron chi connectivity index (χ3n) is 5.59. The van der Waals surface area contributed by atoms with Crippen molar-refractivity contribution in [3.8, 4) is 12.3 Å². The smallest absolute Gasteiger partial charge is 0.300 e. The number of rotatable bonds is 10. The van der Waals surface area contributed by atoms with E-state index in [1.54, 1.807) is 0 Å². The van der Waals surface area contributed by atoms with Crippen molar-refractivity contribution in [1.29, 1.82) is 0 Å². The predicted molar refractivity (Wildman–Crippen MR) is 137 cm³/mol. The number of halogens is 10. The van der Waals surface area contributed by atoms with Gasteiger partial charge in [0.05, 0.1) is 20.6 Å². The summed E-state index contributed by atoms with van der Waals surface area (Å²) >= 11 is 17.3. The Hall–Kier alpha value is -2.54. The lowest BCUT2D eigenvalue weighted by Crippen LogP contribution is -2.19. The molecular formula is C27H20Cl3F7O2. The number of carbonyl (C=O) groups is 2. The van der Waals surface area contributed by atoms with Crippen molar-refractivity contribution in [2.24, 2.45) is 5.92 Å². The summed E-state index contributed by atoms with van der Waals surface area (Å²) in [4.78, 5) is 24.5. The van der Waals surface area contributed by atoms with Crippen molar-refractivity contribution in [3.05, 3.63) is 73.7 Å². The molecule has 0 aliphatic rings. The SMILES string of the molecule is C#CCCC(=O)C[C@@H](C)CC(=O)c1ccc(/C(F)=C/C(c2cc(Cl)c(Cl)c(Cl)c2)C(F)(F)F)cc1C(F)(F)F. The lowest BCUT2D eigenvalue weighted by molar-refractivity contribution is -0.140. The van der Waals surface area contributed by atoms with Gasteiger partial charge >= 0.3 is 12.4 Å². The van der Waals surface area contributed by atoms with Crippen molar-refractivity contribution in [1.82, 2.24) is 0 Å². The van der Waals surface area contributed by atoms with E-state index in [1.807, 2.05) is 0 Å². The van der Waals surface area contributed by atoms with Crippen LogP contribution in [0.25, 0.3) is 5.83 Å². The Kier molecular flexibility index (Phi) is 11.1. The van der Waals surface area contributed by atoms with Gasteiger partial charge in [-0.3, -0.25) is 9.59 Å². The van der Waals surface area contributed by atoms with Crippen molar-refractivity contribution in [2.45, 2.75) is 50.9 Å². The van der Waals surface area contributed by atoms with Crippen LogP contribution in [0.3, 0.4) is 0 Å². The molecular weight excluding hydrogens is 596 g/mol. The Bertz CT molecular complexity index is 1280. The van der Waals surface area contributed by atoms with Crippen LogP contribution < -0.4 is 0 Å². The molecule has 0 heterocycles. The monoisotopic (exact) mass is 614 g/mol. The molecule has 2 rings (SSSR count). The van der Waals surface area contributed by atoms with Crippen LogP contribution in [-0.2, 0) is 11.0 Å². The fourth-order valence-corrected chi connectivity index (χ4v) is 4.36. The van der Waals surface area contributed by atoms with E-state index in [0.717, 1.165) is 18.2 Å². The van der Waals surface area contributed by atoms with Gasteiger partial charge in [0.15, 0.2) is 5.78 Å². The summed E-state index contributed by atoms with van der Waals surface area (Å²) < 4.78 is 97.7. The summed E-state index contributed by atoms with van der Waals surface area (Å²) in [7, 11) is 0. The minimum Gasteiger partial charge on any atom is -0.300 e. The molecule has 0 saturated carbocycles. The highest BCUT2D eigenvalue weighted by Crippen LogP contribution is 2.43. The highest BCUT2D eigenvalue weighted by Gasteiger charge is 2.41. The molecule has 1 unspecified atom stereocenters. The van der Waals surface area contributed by atoms with E-state index in [-0.39, 0.29) is 52.3 Å². The van der Waals surface area contributed by atoms with E-state index in [1.165, 1.54) is 6.92 Å². The van der Waals surface area contributed by atoms with Crippen molar-refractivity contribution < 1.29 is 40.3 Å². The number of benzene rings is 2. The van der Waals surface area contributed by atoms with Crippen LogP contribution in [0.1, 0.15) is 65.6 Å². The lowest BCUT2D eigenvalue weighted by atomic mass is 9.91. The molecule has 0 bridgehead atoms. The molecule has 2 aromatic rings. The average Bonchev–Trinajstić information content (AvgIpc) is 2.82. The topological polar surface area (TPSA) is 34.1 Å². The van der Waals surface area contributed by atoms with Gasteiger partial charge in [0.25, 0.3) is 0 Å². The van der Waals surface area contributed by atoms with Gasteiger partial charge in [-0.1, -0.05) is 53.9 Å². The number of hydrogen-bond acceptors (Lipinski definition) is 2. The van der Waals surface area contributed by atoms with E-state index in [9.17, 15) is 35.9 Å². The minimum absolute atomic E-state index is 0.0660. The second kappa shape index (κ2) is 13.2. The fraction of sp³-hybridized carbons (Fsp3) is 0.333. The summed E-state index contributed by atoms with van der Waals surface area (Å²) in [5.74, 6) is -3.80. The highest BCUT2D eigenvalue weighted by molar-refractivity contribution is 6.48. The number of terminal acetylenes is 1. The Morgan fingerprint density at radius 3 is 2.10 bits per heavy atom. The van der Waals surface area contributed by atoms with E-state index < -0.39 is 64.5 Å². The lowest BCUT2D eigenvalue weighted by Gasteiger charge is -2.19. The summed E-state index contributed by atoms with van der Waals surface area (Å²) in [6.45, 7) is 1.50. The molecule has 0 N–H and O–H groups in total. The first-order valence-electron chi connectivity index (χ1n) is 11.2. The third kappa shape index (κ3) is 8.99. The molecule has 12 heteroatoms. The molecule has 2 aromatic carbocycles. The third-order valence-corrected chi connectivity index (χ3v) is 6.79. The molecule has 0 aliphatic carbocycles. The second-order valence-electron chi connectivity index (χ2n) is 8.77. The standard InChI is InChI=1S/C27H20Cl3F7O2/c1-3-4-5-17(38)8-14(2)9-24(39)18-7-6-15(10-20(18)27(35,36)37)23(31)13-19(26(32,33)34)16-11-21(28)25(30)22(29)12-16/h1,6-7,10-14,19H,4-5,8-9H2,2H3/b23-13-/t14-,19?/m1/s1. The molecule has 2 nitrogen and oxygen atoms in total. The molecule has 0 spiro atoms. The van der Waals surface area contributed by atoms with Crippen LogP contribution in [0.5, 0.6) is 0 Å². The summed E-state index contributed by atoms with van der Waals surface area (Å²) in [5.41, 5.74) is -3.76. The zero-order valence-corrected chi connectivity index (χ0v) is 22.4. The number of allylic oxidation sites excluding steroid dienone is 1. The number of ketones is 2. The maximum atomic E-state index is 15.0. The number of carbonyl (C=O) groups excluding carboxylic acids is 2. The van der Waals surface area contributed by atoms with E-state index >= 15 is 4.39 Å². The Morgan fingerprint density at radius 1 is 1.00 bits per heavy atom. The Balaban J connectivity index is 2.45. The maximum absolute atomic E-state index is 15.0. The number of hydrogen-bond donors (Lipinski definition) is 0. The molecule has 210 valence electrons. The average molecular weight is 616 g/mol. The molecule has 0 radical (unpaired) electrons. The normalized spacial score (nSPS) is 14.1. The summed E-state index contributed by atoms with van der Waals surface area (Å²) in [6.07, 6.45) is -5.29. The first kappa shape index (κ1) is 32.7. The van der Waals surface area contributed by atoms with E-state index in [2.05, 4.69) is 5.92 Å². The summed E-state index contributed by atoms with van der Waals surface area (Å²) in [6, 6.07) is 3.36. The Labute approximate surface area is 235 Å². The van der Waals surface area contributed by atoms with Crippen LogP contribution in [0.15, 0.2) is 36.4 Å². The minimum atomic E-state index is -5.13. The van der Waals surface area contributed by atoms with Gasteiger partial charge in [0, 0.05) is 36.8 Å². The first-order valence-corrected chi connectivity index (χ1v) is 12.4. The van der Waals surface area contributed by atoms with Gasteiger partial charge in [-0.15, -0.1) is 12.3 Å². The molecule has 0 aliphatic heterocycles. The number of Topliss-reactive ketones (excluding diaryl/α,β-unsaturated/α-hetero) is 2. The van der Waals surface area contributed by atoms with Crippen molar-refractivity contribution >= 4 is 52.2 Å². The molecule has 0 saturated heterocycles. The Morgan fingerprint density at radius 2 is 1.59 bits per heavy atom. The zero-order chi connectivity index (χ0) is 29.7. The van der Waals surface area contributed by atoms with Gasteiger partial charge in [-0.2, -0.15) is 26.3 Å². The quantitative estimate of drug-likeness (QED) is 0.115. The molecule has 0 aromatic heterocycles. The van der Waals surface area contributed by atoms with Gasteiger partial charge in [-0.25, -0.2) is 4.39 Å². The second-order valence-corrected chi connectivity index (χ2v) is 9.96. The van der Waals surface area contributed by atoms with Gasteiger partial charge < -0.3 is 0 Å². The van der Waals surface area contributed by atoms with E-state index in [0.29, 0.717) is 6.07 Å². The van der Waals surface area contributed by atoms with Crippen LogP contribution in [-0.4, -0.2) is 17.7 Å². The van der Waals surface area contributed by atoms with Gasteiger partial charge in [0.2, 0.25) is 0 Å². The predicted octanol–water partition coefficient (Wildman–Crippen LogP) is 9.90. The first-order chi connectivity index (χ1) is 17.9. The summed E-state index contributed by atoms with van der Waals surface area (Å²) in [5, 5.41) is -0.901. The molecule has 2 atom stereocenters. The molecule has 0 amide bonds. The van der Waals surface area contributed by atoms with E-state index in [4.69, 9.17) is 41.2 Å². The molecule has 39 heavy (non-hydrogen) atoms. The number of alkyl halides is 6. The van der Waals surface area contributed by atoms with Gasteiger partial charge in [0.1, 0.15) is 17.5 Å². The van der Waals surface area contributed by atoms with Crippen molar-refractivity contribution in [2.75, 3.05) is 0 Å². The maximum Gasteiger partial charge on any atom is 0.417 e. The van der Waals surface area contributed by atoms with Crippen LogP contribution in [0.2, 0.25) is 15.1 Å². The zero-order valence-electron chi connectivity index (χ0n) is 20.1. The van der Waals surface area contributed by atoms with Crippen LogP contribution in [0, 0.1) is 18.3 Å². The van der Waals surface area contributed by atoms with Crippen LogP contribution >= 0.6 is 34.8 Å². The largest absolute Gasteiger partial charge is 0.417 e.